The third kappa shape index (κ3) is 4.89. The first-order valence-corrected chi connectivity index (χ1v) is 22.8. The molecule has 1 aromatic heterocycles. The summed E-state index contributed by atoms with van der Waals surface area (Å²) in [7, 11) is 0. The molecule has 0 amide bonds. The molecule has 1 heterocycles. The lowest BCUT2D eigenvalue weighted by molar-refractivity contribution is 0.633. The number of fused-ring (bicyclic) bond motifs is 17. The summed E-state index contributed by atoms with van der Waals surface area (Å²) in [6, 6.07) is 86.8. The maximum absolute atomic E-state index is 5.33. The number of benzene rings is 10. The number of hydrogen-bond donors (Lipinski definition) is 0. The van der Waals surface area contributed by atoms with Gasteiger partial charge in [-0.05, 0) is 95.2 Å². The molecule has 66 heavy (non-hydrogen) atoms. The molecule has 10 aromatic carbocycles. The molecule has 0 N–H and O–H groups in total. The summed E-state index contributed by atoms with van der Waals surface area (Å²) in [5.41, 5.74) is 19.5. The van der Waals surface area contributed by atoms with Crippen LogP contribution in [0.5, 0.6) is 0 Å². The number of rotatable bonds is 4. The van der Waals surface area contributed by atoms with E-state index in [0.717, 1.165) is 38.6 Å². The van der Waals surface area contributed by atoms with Crippen molar-refractivity contribution in [2.75, 3.05) is 0 Å². The molecule has 3 heteroatoms. The van der Waals surface area contributed by atoms with Crippen molar-refractivity contribution in [2.45, 2.75) is 10.8 Å². The Balaban J connectivity index is 1.13. The van der Waals surface area contributed by atoms with Gasteiger partial charge >= 0.3 is 0 Å². The van der Waals surface area contributed by atoms with Gasteiger partial charge in [0.1, 0.15) is 0 Å². The van der Waals surface area contributed by atoms with Crippen LogP contribution in [0, 0.1) is 0 Å². The van der Waals surface area contributed by atoms with E-state index in [1.165, 1.54) is 66.8 Å². The standard InChI is InChI=1S/C63H39N3/c1-3-20-41(21-4-1)59-64-60(42-22-5-2-6-23-42)66-61(65-59)49-37-35-40-19-7-8-24-44(40)58(49)43-36-38-56-57(39-43)63(52-31-15-11-27-47(52)48-28-12-16-32-53(48)63)55-34-18-17-33-54(55)62(56)50-29-13-9-25-45(50)46-26-10-14-30-51(46)62/h1-39H. The predicted octanol–water partition coefficient (Wildman–Crippen LogP) is 14.7. The fourth-order valence-electron chi connectivity index (χ4n) is 12.1. The second-order valence-electron chi connectivity index (χ2n) is 17.7. The normalized spacial score (nSPS) is 14.0. The van der Waals surface area contributed by atoms with E-state index in [-0.39, 0.29) is 0 Å². The second kappa shape index (κ2) is 14.0. The summed E-state index contributed by atoms with van der Waals surface area (Å²) in [6.07, 6.45) is 0. The Bertz CT molecular complexity index is 3630. The van der Waals surface area contributed by atoms with E-state index in [1.54, 1.807) is 0 Å². The monoisotopic (exact) mass is 837 g/mol. The molecular formula is C63H39N3. The Kier molecular flexibility index (Phi) is 7.82. The second-order valence-corrected chi connectivity index (χ2v) is 17.7. The van der Waals surface area contributed by atoms with Gasteiger partial charge in [-0.15, -0.1) is 0 Å². The van der Waals surface area contributed by atoms with Crippen LogP contribution in [0.3, 0.4) is 0 Å². The zero-order chi connectivity index (χ0) is 43.4. The van der Waals surface area contributed by atoms with Gasteiger partial charge in [-0.3, -0.25) is 0 Å². The van der Waals surface area contributed by atoms with Crippen LogP contribution in [-0.4, -0.2) is 15.0 Å². The fourth-order valence-corrected chi connectivity index (χ4v) is 12.1. The Morgan fingerprint density at radius 2 is 0.636 bits per heavy atom. The minimum absolute atomic E-state index is 0.569. The molecule has 0 unspecified atom stereocenters. The molecule has 0 aliphatic heterocycles. The van der Waals surface area contributed by atoms with Crippen LogP contribution in [0.2, 0.25) is 0 Å². The summed E-state index contributed by atoms with van der Waals surface area (Å²) in [4.78, 5) is 15.7. The molecule has 0 saturated carbocycles. The van der Waals surface area contributed by atoms with Crippen molar-refractivity contribution >= 4 is 10.8 Å². The SMILES string of the molecule is c1ccc(-c2nc(-c3ccccc3)nc(-c3ccc4ccccc4c3-c3ccc4c(c3)C3(c5ccccc5-c5ccccc53)c3ccccc3C43c4ccccc4-c4ccccc43)n2)cc1. The molecule has 3 nitrogen and oxygen atoms in total. The lowest BCUT2D eigenvalue weighted by atomic mass is 9.52. The van der Waals surface area contributed by atoms with Gasteiger partial charge in [0, 0.05) is 22.3 Å². The van der Waals surface area contributed by atoms with Crippen molar-refractivity contribution in [2.24, 2.45) is 0 Å². The van der Waals surface area contributed by atoms with E-state index < -0.39 is 10.8 Å². The molecule has 11 aromatic rings. The third-order valence-electron chi connectivity index (χ3n) is 14.6. The van der Waals surface area contributed by atoms with Gasteiger partial charge in [0.25, 0.3) is 0 Å². The molecule has 0 saturated heterocycles. The highest BCUT2D eigenvalue weighted by atomic mass is 15.0. The van der Waals surface area contributed by atoms with Gasteiger partial charge in [-0.1, -0.05) is 224 Å². The van der Waals surface area contributed by atoms with Crippen LogP contribution in [0.1, 0.15) is 44.5 Å². The van der Waals surface area contributed by atoms with Crippen LogP contribution < -0.4 is 0 Å². The summed E-state index contributed by atoms with van der Waals surface area (Å²) >= 11 is 0. The fraction of sp³-hybridized carbons (Fsp3) is 0.0317. The van der Waals surface area contributed by atoms with Crippen molar-refractivity contribution < 1.29 is 0 Å². The predicted molar refractivity (Wildman–Crippen MR) is 267 cm³/mol. The van der Waals surface area contributed by atoms with E-state index in [2.05, 4.69) is 200 Å². The van der Waals surface area contributed by atoms with Crippen LogP contribution in [0.4, 0.5) is 0 Å². The van der Waals surface area contributed by atoms with E-state index in [9.17, 15) is 0 Å². The molecule has 0 fully saturated rings. The summed E-state index contributed by atoms with van der Waals surface area (Å²) < 4.78 is 0. The molecule has 306 valence electrons. The van der Waals surface area contributed by atoms with Crippen LogP contribution in [0.25, 0.3) is 78.3 Å². The summed E-state index contributed by atoms with van der Waals surface area (Å²) in [5.74, 6) is 1.91. The minimum Gasteiger partial charge on any atom is -0.208 e. The highest BCUT2D eigenvalue weighted by Crippen LogP contribution is 2.67. The molecule has 3 aliphatic rings. The largest absolute Gasteiger partial charge is 0.208 e. The van der Waals surface area contributed by atoms with Gasteiger partial charge in [0.2, 0.25) is 0 Å². The Morgan fingerprint density at radius 3 is 1.15 bits per heavy atom. The first kappa shape index (κ1) is 36.9. The van der Waals surface area contributed by atoms with Crippen molar-refractivity contribution in [3.63, 3.8) is 0 Å². The Hall–Kier alpha value is -8.53. The maximum Gasteiger partial charge on any atom is 0.164 e. The quantitative estimate of drug-likeness (QED) is 0.177. The lowest BCUT2D eigenvalue weighted by Gasteiger charge is -2.49. The van der Waals surface area contributed by atoms with Gasteiger partial charge in [-0.2, -0.15) is 0 Å². The Morgan fingerprint density at radius 1 is 0.242 bits per heavy atom. The lowest BCUT2D eigenvalue weighted by Crippen LogP contribution is -2.43. The molecular weight excluding hydrogens is 799 g/mol. The molecule has 3 aliphatic carbocycles. The topological polar surface area (TPSA) is 38.7 Å². The first-order valence-electron chi connectivity index (χ1n) is 22.8. The summed E-state index contributed by atoms with van der Waals surface area (Å²) in [6.45, 7) is 0. The first-order chi connectivity index (χ1) is 32.7. The van der Waals surface area contributed by atoms with E-state index in [0.29, 0.717) is 17.5 Å². The molecule has 14 rings (SSSR count). The van der Waals surface area contributed by atoms with Gasteiger partial charge in [0.05, 0.1) is 10.8 Å². The average molecular weight is 838 g/mol. The van der Waals surface area contributed by atoms with E-state index >= 15 is 0 Å². The van der Waals surface area contributed by atoms with Crippen molar-refractivity contribution in [1.82, 2.24) is 15.0 Å². The van der Waals surface area contributed by atoms with Gasteiger partial charge in [0.15, 0.2) is 17.5 Å². The zero-order valence-electron chi connectivity index (χ0n) is 35.9. The smallest absolute Gasteiger partial charge is 0.164 e. The molecule has 0 atom stereocenters. The number of nitrogens with zero attached hydrogens (tertiary/aromatic N) is 3. The summed E-state index contributed by atoms with van der Waals surface area (Å²) in [5, 5.41) is 2.29. The maximum atomic E-state index is 5.33. The van der Waals surface area contributed by atoms with Crippen LogP contribution >= 0.6 is 0 Å². The van der Waals surface area contributed by atoms with Gasteiger partial charge < -0.3 is 0 Å². The average Bonchev–Trinajstić information content (AvgIpc) is 3.86. The van der Waals surface area contributed by atoms with Crippen molar-refractivity contribution in [3.05, 3.63) is 281 Å². The molecule has 2 spiro atoms. The number of hydrogen-bond acceptors (Lipinski definition) is 3. The number of aromatic nitrogens is 3. The van der Waals surface area contributed by atoms with Crippen molar-refractivity contribution in [1.29, 1.82) is 0 Å². The third-order valence-corrected chi connectivity index (χ3v) is 14.6. The van der Waals surface area contributed by atoms with Crippen molar-refractivity contribution in [3.8, 4) is 67.5 Å². The van der Waals surface area contributed by atoms with E-state index in [1.807, 2.05) is 36.4 Å². The molecule has 0 bridgehead atoms. The van der Waals surface area contributed by atoms with Crippen LogP contribution in [-0.2, 0) is 10.8 Å². The van der Waals surface area contributed by atoms with E-state index in [4.69, 9.17) is 15.0 Å². The zero-order valence-corrected chi connectivity index (χ0v) is 35.9. The minimum atomic E-state index is -0.619. The highest BCUT2D eigenvalue weighted by molar-refractivity contribution is 6.04. The van der Waals surface area contributed by atoms with Gasteiger partial charge in [-0.25, -0.2) is 15.0 Å². The molecule has 0 radical (unpaired) electrons. The Labute approximate surface area is 383 Å². The van der Waals surface area contributed by atoms with Crippen LogP contribution in [0.15, 0.2) is 237 Å². The highest BCUT2D eigenvalue weighted by Gasteiger charge is 2.59.